The van der Waals surface area contributed by atoms with Crippen LogP contribution in [-0.4, -0.2) is 45.7 Å². The molecule has 1 rings (SSSR count). The Balaban J connectivity index is 2.60. The highest BCUT2D eigenvalue weighted by Crippen LogP contribution is 2.20. The Hall–Kier alpha value is -1.10. The number of hydrogen-bond donors (Lipinski definition) is 2. The van der Waals surface area contributed by atoms with E-state index in [9.17, 15) is 14.7 Å². The van der Waals surface area contributed by atoms with E-state index in [1.165, 1.54) is 11.8 Å². The molecule has 0 aromatic carbocycles. The smallest absolute Gasteiger partial charge is 0.305 e. The summed E-state index contributed by atoms with van der Waals surface area (Å²) >= 11 is 0. The molecule has 2 atom stereocenters. The third kappa shape index (κ3) is 2.42. The van der Waals surface area contributed by atoms with Crippen LogP contribution >= 0.6 is 0 Å². The summed E-state index contributed by atoms with van der Waals surface area (Å²) in [6.07, 6.45) is -0.295. The van der Waals surface area contributed by atoms with E-state index in [0.717, 1.165) is 0 Å². The van der Waals surface area contributed by atoms with E-state index in [2.05, 4.69) is 0 Å². The molecule has 0 radical (unpaired) electrons. The van der Waals surface area contributed by atoms with Gasteiger partial charge in [0.05, 0.1) is 12.5 Å². The van der Waals surface area contributed by atoms with Crippen molar-refractivity contribution in [3.05, 3.63) is 0 Å². The maximum absolute atomic E-state index is 11.0. The Morgan fingerprint density at radius 2 is 2.15 bits per heavy atom. The molecule has 1 aliphatic heterocycles. The summed E-state index contributed by atoms with van der Waals surface area (Å²) in [5.74, 6) is -1.12. The van der Waals surface area contributed by atoms with Crippen LogP contribution in [-0.2, 0) is 9.59 Å². The van der Waals surface area contributed by atoms with Gasteiger partial charge in [-0.25, -0.2) is 0 Å². The molecule has 0 aliphatic carbocycles. The standard InChI is InChI=1S/C8H13NO4/c1-5(10)9-4-7(11)2-6(9)3-8(12)13/h6-7,11H,2-4H2,1H3,(H,12,13)/t6-,7-/m1/s1. The van der Waals surface area contributed by atoms with Crippen molar-refractivity contribution in [2.75, 3.05) is 6.54 Å². The fourth-order valence-corrected chi connectivity index (χ4v) is 1.67. The van der Waals surface area contributed by atoms with Gasteiger partial charge in [0.15, 0.2) is 0 Å². The molecule has 1 fully saturated rings. The maximum Gasteiger partial charge on any atom is 0.305 e. The van der Waals surface area contributed by atoms with Crippen molar-refractivity contribution >= 4 is 11.9 Å². The minimum absolute atomic E-state index is 0.0867. The van der Waals surface area contributed by atoms with Crippen LogP contribution in [0.1, 0.15) is 19.8 Å². The Bertz CT molecular complexity index is 228. The number of carboxylic acids is 1. The second kappa shape index (κ2) is 3.74. The highest BCUT2D eigenvalue weighted by molar-refractivity contribution is 5.75. The van der Waals surface area contributed by atoms with Crippen molar-refractivity contribution in [1.82, 2.24) is 4.90 Å². The van der Waals surface area contributed by atoms with Gasteiger partial charge in [-0.3, -0.25) is 9.59 Å². The zero-order chi connectivity index (χ0) is 10.0. The minimum atomic E-state index is -0.939. The highest BCUT2D eigenvalue weighted by atomic mass is 16.4. The number of nitrogens with zero attached hydrogens (tertiary/aromatic N) is 1. The van der Waals surface area contributed by atoms with Gasteiger partial charge in [-0.05, 0) is 6.42 Å². The number of carbonyl (C=O) groups excluding carboxylic acids is 1. The van der Waals surface area contributed by atoms with Gasteiger partial charge in [0, 0.05) is 19.5 Å². The molecule has 1 saturated heterocycles. The van der Waals surface area contributed by atoms with Crippen molar-refractivity contribution in [3.8, 4) is 0 Å². The van der Waals surface area contributed by atoms with E-state index in [-0.39, 0.29) is 24.9 Å². The van der Waals surface area contributed by atoms with Gasteiger partial charge in [0.2, 0.25) is 5.91 Å². The van der Waals surface area contributed by atoms with Gasteiger partial charge in [-0.15, -0.1) is 0 Å². The van der Waals surface area contributed by atoms with E-state index >= 15 is 0 Å². The molecule has 1 heterocycles. The average Bonchev–Trinajstić information content (AvgIpc) is 2.29. The highest BCUT2D eigenvalue weighted by Gasteiger charge is 2.33. The number of aliphatic hydroxyl groups is 1. The Kier molecular flexibility index (Phi) is 2.87. The van der Waals surface area contributed by atoms with Crippen LogP contribution in [0.5, 0.6) is 0 Å². The SMILES string of the molecule is CC(=O)N1C[C@H](O)C[C@@H]1CC(=O)O. The van der Waals surface area contributed by atoms with Crippen LogP contribution in [0, 0.1) is 0 Å². The number of hydrogen-bond acceptors (Lipinski definition) is 3. The van der Waals surface area contributed by atoms with E-state index < -0.39 is 12.1 Å². The second-order valence-electron chi connectivity index (χ2n) is 3.31. The largest absolute Gasteiger partial charge is 0.481 e. The summed E-state index contributed by atoms with van der Waals surface area (Å²) in [5, 5.41) is 17.8. The van der Waals surface area contributed by atoms with E-state index in [4.69, 9.17) is 5.11 Å². The monoisotopic (exact) mass is 187 g/mol. The average molecular weight is 187 g/mol. The molecular formula is C8H13NO4. The van der Waals surface area contributed by atoms with Crippen molar-refractivity contribution in [3.63, 3.8) is 0 Å². The van der Waals surface area contributed by atoms with Gasteiger partial charge in [-0.2, -0.15) is 0 Å². The molecule has 1 aliphatic rings. The number of likely N-dealkylation sites (tertiary alicyclic amines) is 1. The van der Waals surface area contributed by atoms with Crippen LogP contribution in [0.25, 0.3) is 0 Å². The Morgan fingerprint density at radius 3 is 2.62 bits per heavy atom. The predicted octanol–water partition coefficient (Wildman–Crippen LogP) is -0.557. The number of β-amino-alcohol motifs (C(OH)–C–C–N with tert-alkyl or cyclic N) is 1. The van der Waals surface area contributed by atoms with Crippen molar-refractivity contribution in [2.24, 2.45) is 0 Å². The first kappa shape index (κ1) is 9.98. The molecule has 2 N–H and O–H groups in total. The van der Waals surface area contributed by atoms with E-state index in [0.29, 0.717) is 6.42 Å². The van der Waals surface area contributed by atoms with Crippen molar-refractivity contribution in [1.29, 1.82) is 0 Å². The summed E-state index contributed by atoms with van der Waals surface area (Å²) < 4.78 is 0. The minimum Gasteiger partial charge on any atom is -0.481 e. The van der Waals surface area contributed by atoms with Crippen molar-refractivity contribution in [2.45, 2.75) is 31.9 Å². The zero-order valence-electron chi connectivity index (χ0n) is 7.43. The molecule has 0 bridgehead atoms. The lowest BCUT2D eigenvalue weighted by molar-refractivity contribution is -0.139. The van der Waals surface area contributed by atoms with E-state index in [1.807, 2.05) is 0 Å². The first-order valence-electron chi connectivity index (χ1n) is 4.17. The molecule has 13 heavy (non-hydrogen) atoms. The Labute approximate surface area is 76.0 Å². The first-order valence-corrected chi connectivity index (χ1v) is 4.17. The molecule has 5 heteroatoms. The first-order chi connectivity index (χ1) is 6.00. The van der Waals surface area contributed by atoms with Gasteiger partial charge in [0.1, 0.15) is 0 Å². The molecule has 0 spiro atoms. The van der Waals surface area contributed by atoms with Crippen LogP contribution < -0.4 is 0 Å². The number of carbonyl (C=O) groups is 2. The molecular weight excluding hydrogens is 174 g/mol. The third-order valence-corrected chi connectivity index (χ3v) is 2.21. The van der Waals surface area contributed by atoms with Gasteiger partial charge in [-0.1, -0.05) is 0 Å². The quantitative estimate of drug-likeness (QED) is 0.607. The summed E-state index contributed by atoms with van der Waals surface area (Å²) in [6.45, 7) is 1.64. The predicted molar refractivity (Wildman–Crippen MR) is 44.1 cm³/mol. The molecule has 5 nitrogen and oxygen atoms in total. The topological polar surface area (TPSA) is 77.8 Å². The normalized spacial score (nSPS) is 27.7. The number of rotatable bonds is 2. The van der Waals surface area contributed by atoms with Crippen LogP contribution in [0.2, 0.25) is 0 Å². The molecule has 0 aromatic rings. The fourth-order valence-electron chi connectivity index (χ4n) is 1.67. The van der Waals surface area contributed by atoms with Gasteiger partial charge >= 0.3 is 5.97 Å². The molecule has 0 saturated carbocycles. The van der Waals surface area contributed by atoms with E-state index in [1.54, 1.807) is 0 Å². The lowest BCUT2D eigenvalue weighted by atomic mass is 10.1. The van der Waals surface area contributed by atoms with Gasteiger partial charge in [0.25, 0.3) is 0 Å². The third-order valence-electron chi connectivity index (χ3n) is 2.21. The summed E-state index contributed by atoms with van der Waals surface area (Å²) in [4.78, 5) is 22.8. The number of aliphatic hydroxyl groups excluding tert-OH is 1. The molecule has 0 unspecified atom stereocenters. The van der Waals surface area contributed by atoms with Crippen LogP contribution in [0.15, 0.2) is 0 Å². The maximum atomic E-state index is 11.0. The number of carboxylic acid groups (broad SMARTS) is 1. The molecule has 74 valence electrons. The second-order valence-corrected chi connectivity index (χ2v) is 3.31. The van der Waals surface area contributed by atoms with Crippen LogP contribution in [0.4, 0.5) is 0 Å². The Morgan fingerprint density at radius 1 is 1.54 bits per heavy atom. The van der Waals surface area contributed by atoms with Crippen LogP contribution in [0.3, 0.4) is 0 Å². The van der Waals surface area contributed by atoms with Crippen molar-refractivity contribution < 1.29 is 19.8 Å². The zero-order valence-corrected chi connectivity index (χ0v) is 7.43. The van der Waals surface area contributed by atoms with Gasteiger partial charge < -0.3 is 15.1 Å². The summed E-state index contributed by atoms with van der Waals surface area (Å²) in [7, 11) is 0. The molecule has 0 aromatic heterocycles. The molecule has 1 amide bonds. The summed E-state index contributed by atoms with van der Waals surface area (Å²) in [6, 6.07) is -0.343. The fraction of sp³-hybridized carbons (Fsp3) is 0.750. The number of amides is 1. The lowest BCUT2D eigenvalue weighted by Crippen LogP contribution is -2.35. The lowest BCUT2D eigenvalue weighted by Gasteiger charge is -2.20. The number of aliphatic carboxylic acids is 1. The summed E-state index contributed by atoms with van der Waals surface area (Å²) in [5.41, 5.74) is 0.